The van der Waals surface area contributed by atoms with Crippen LogP contribution >= 0.6 is 11.6 Å². The van der Waals surface area contributed by atoms with E-state index in [1.165, 1.54) is 25.7 Å². The van der Waals surface area contributed by atoms with Gasteiger partial charge in [0.2, 0.25) is 11.9 Å². The molecular formula is C33H34ClF6N9O3. The molecule has 0 radical (unpaired) electrons. The molecule has 2 atom stereocenters. The highest BCUT2D eigenvalue weighted by molar-refractivity contribution is 6.32. The van der Waals surface area contributed by atoms with Gasteiger partial charge in [-0.3, -0.25) is 9.48 Å². The van der Waals surface area contributed by atoms with Crippen LogP contribution in [-0.2, 0) is 35.5 Å². The number of alkyl halides is 6. The second-order valence-corrected chi connectivity index (χ2v) is 13.2. The Kier molecular flexibility index (Phi) is 10.5. The lowest BCUT2D eigenvalue weighted by Gasteiger charge is -2.32. The minimum Gasteiger partial charge on any atom is -0.481 e. The number of rotatable bonds is 10. The van der Waals surface area contributed by atoms with Crippen molar-refractivity contribution in [3.05, 3.63) is 70.9 Å². The number of carboxylic acid groups (broad SMARTS) is 1. The van der Waals surface area contributed by atoms with Crippen LogP contribution in [0, 0.1) is 5.92 Å². The lowest BCUT2D eigenvalue weighted by molar-refractivity contribution is -0.144. The summed E-state index contributed by atoms with van der Waals surface area (Å²) in [4.78, 5) is 35.0. The molecule has 0 spiro atoms. The van der Waals surface area contributed by atoms with Gasteiger partial charge in [0.05, 0.1) is 48.1 Å². The van der Waals surface area contributed by atoms with Gasteiger partial charge in [-0.25, -0.2) is 15.0 Å². The van der Waals surface area contributed by atoms with Gasteiger partial charge in [-0.2, -0.15) is 36.4 Å². The fourth-order valence-electron chi connectivity index (χ4n) is 6.62. The quantitative estimate of drug-likeness (QED) is 0.193. The molecule has 2 aliphatic rings. The number of piperidine rings is 1. The van der Waals surface area contributed by atoms with Gasteiger partial charge in [-0.1, -0.05) is 11.6 Å². The molecule has 1 aromatic carbocycles. The summed E-state index contributed by atoms with van der Waals surface area (Å²) in [5, 5.41) is 13.8. The smallest absolute Gasteiger partial charge is 0.416 e. The second kappa shape index (κ2) is 14.7. The summed E-state index contributed by atoms with van der Waals surface area (Å²) < 4.78 is 90.2. The largest absolute Gasteiger partial charge is 0.481 e. The van der Waals surface area contributed by atoms with Crippen molar-refractivity contribution in [2.24, 2.45) is 13.0 Å². The Morgan fingerprint density at radius 1 is 0.981 bits per heavy atom. The molecule has 278 valence electrons. The lowest BCUT2D eigenvalue weighted by atomic mass is 9.97. The van der Waals surface area contributed by atoms with E-state index in [1.54, 1.807) is 29.0 Å². The van der Waals surface area contributed by atoms with Crippen molar-refractivity contribution in [1.29, 1.82) is 0 Å². The third-order valence-corrected chi connectivity index (χ3v) is 9.50. The third-order valence-electron chi connectivity index (χ3n) is 9.24. The van der Waals surface area contributed by atoms with Gasteiger partial charge in [-0.15, -0.1) is 0 Å². The Morgan fingerprint density at radius 2 is 1.63 bits per heavy atom. The fourth-order valence-corrected chi connectivity index (χ4v) is 6.82. The van der Waals surface area contributed by atoms with E-state index >= 15 is 0 Å². The maximum Gasteiger partial charge on any atom is 0.416 e. The number of halogens is 7. The van der Waals surface area contributed by atoms with Crippen LogP contribution in [0.4, 0.5) is 44.1 Å². The van der Waals surface area contributed by atoms with E-state index in [4.69, 9.17) is 21.3 Å². The van der Waals surface area contributed by atoms with Gasteiger partial charge < -0.3 is 24.5 Å². The van der Waals surface area contributed by atoms with Crippen LogP contribution in [0.3, 0.4) is 0 Å². The van der Waals surface area contributed by atoms with Gasteiger partial charge in [0, 0.05) is 70.1 Å². The van der Waals surface area contributed by atoms with E-state index in [1.807, 2.05) is 9.80 Å². The molecule has 2 saturated heterocycles. The van der Waals surface area contributed by atoms with Crippen LogP contribution in [0.25, 0.3) is 11.1 Å². The molecule has 19 heteroatoms. The number of anilines is 3. The summed E-state index contributed by atoms with van der Waals surface area (Å²) in [5.74, 6) is -0.551. The minimum atomic E-state index is -5.03. The van der Waals surface area contributed by atoms with Gasteiger partial charge >= 0.3 is 18.3 Å². The SMILES string of the molecule is COCC1CC(N(Cc2cc(C(F)(F)F)cc(C(F)(F)F)c2)c2ncc(-c3cnn(C)c3)cn2)CN1c1nc(N2CCC(C(=O)O)CC2)ncc1Cl. The summed E-state index contributed by atoms with van der Waals surface area (Å²) in [6.07, 6.45) is -1.08. The number of aryl methyl sites for hydroxylation is 1. The van der Waals surface area contributed by atoms with E-state index < -0.39 is 48.0 Å². The van der Waals surface area contributed by atoms with E-state index in [-0.39, 0.29) is 41.8 Å². The Hall–Kier alpha value is -4.71. The number of ether oxygens (including phenoxy) is 1. The summed E-state index contributed by atoms with van der Waals surface area (Å²) >= 11 is 6.66. The molecule has 0 aliphatic carbocycles. The molecule has 4 aromatic rings. The van der Waals surface area contributed by atoms with Crippen molar-refractivity contribution in [3.63, 3.8) is 0 Å². The lowest BCUT2D eigenvalue weighted by Crippen LogP contribution is -2.40. The van der Waals surface area contributed by atoms with E-state index in [2.05, 4.69) is 20.1 Å². The average Bonchev–Trinajstić information content (AvgIpc) is 3.73. The molecule has 12 nitrogen and oxygen atoms in total. The molecule has 0 saturated carbocycles. The monoisotopic (exact) mass is 753 g/mol. The topological polar surface area (TPSA) is 126 Å². The van der Waals surface area contributed by atoms with Crippen molar-refractivity contribution in [2.75, 3.05) is 48.1 Å². The normalized spacial score (nSPS) is 18.6. The number of carboxylic acids is 1. The highest BCUT2D eigenvalue weighted by Crippen LogP contribution is 2.39. The molecule has 5 heterocycles. The molecular weight excluding hydrogens is 720 g/mol. The first-order valence-corrected chi connectivity index (χ1v) is 16.6. The van der Waals surface area contributed by atoms with E-state index in [0.717, 1.165) is 0 Å². The Balaban J connectivity index is 1.36. The van der Waals surface area contributed by atoms with Gasteiger partial charge in [0.15, 0.2) is 5.82 Å². The highest BCUT2D eigenvalue weighted by atomic mass is 35.5. The minimum absolute atomic E-state index is 0.0809. The van der Waals surface area contributed by atoms with Crippen LogP contribution in [0.5, 0.6) is 0 Å². The number of aliphatic carboxylic acids is 1. The van der Waals surface area contributed by atoms with Gasteiger partial charge in [0.1, 0.15) is 5.02 Å². The standard InChI is InChI=1S/C33H34ClF6N9O3/c1-46-16-22(13-44-46)21-11-41-30(42-12-21)49(15-19-7-23(32(35,36)37)9-24(8-19)33(38,39)40)25-10-26(18-52-2)48(17-25)28-27(34)14-43-31(45-28)47-5-3-20(4-6-47)29(50)51/h7-9,11-14,16,20,25-26H,3-6,10,15,17-18H2,1-2H3,(H,50,51). The molecule has 2 aliphatic heterocycles. The molecule has 0 amide bonds. The molecule has 2 fully saturated rings. The highest BCUT2D eigenvalue weighted by Gasteiger charge is 2.41. The van der Waals surface area contributed by atoms with E-state index in [0.29, 0.717) is 67.4 Å². The van der Waals surface area contributed by atoms with Crippen LogP contribution < -0.4 is 14.7 Å². The predicted molar refractivity (Wildman–Crippen MR) is 178 cm³/mol. The van der Waals surface area contributed by atoms with Gasteiger partial charge in [0.25, 0.3) is 0 Å². The first kappa shape index (κ1) is 37.1. The number of aromatic nitrogens is 6. The zero-order chi connectivity index (χ0) is 37.4. The number of methoxy groups -OCH3 is 1. The molecule has 2 unspecified atom stereocenters. The van der Waals surface area contributed by atoms with Crippen LogP contribution in [-0.4, -0.2) is 86.2 Å². The fraction of sp³-hybridized carbons (Fsp3) is 0.455. The van der Waals surface area contributed by atoms with Crippen molar-refractivity contribution in [3.8, 4) is 11.1 Å². The molecule has 3 aromatic heterocycles. The Labute approximate surface area is 299 Å². The van der Waals surface area contributed by atoms with Crippen molar-refractivity contribution in [2.45, 2.75) is 50.2 Å². The van der Waals surface area contributed by atoms with E-state index in [9.17, 15) is 36.2 Å². The van der Waals surface area contributed by atoms with Crippen LogP contribution in [0.2, 0.25) is 5.02 Å². The van der Waals surface area contributed by atoms with Crippen LogP contribution in [0.1, 0.15) is 36.0 Å². The number of carbonyl (C=O) groups is 1. The first-order chi connectivity index (χ1) is 24.6. The van der Waals surface area contributed by atoms with Crippen molar-refractivity contribution >= 4 is 35.3 Å². The predicted octanol–water partition coefficient (Wildman–Crippen LogP) is 5.96. The number of benzene rings is 1. The second-order valence-electron chi connectivity index (χ2n) is 12.8. The zero-order valence-electron chi connectivity index (χ0n) is 27.9. The molecule has 1 N–H and O–H groups in total. The number of hydrogen-bond donors (Lipinski definition) is 1. The number of hydrogen-bond acceptors (Lipinski definition) is 10. The number of nitrogens with zero attached hydrogens (tertiary/aromatic N) is 9. The van der Waals surface area contributed by atoms with Crippen LogP contribution in [0.15, 0.2) is 49.2 Å². The third kappa shape index (κ3) is 8.17. The summed E-state index contributed by atoms with van der Waals surface area (Å²) in [7, 11) is 3.24. The van der Waals surface area contributed by atoms with Crippen molar-refractivity contribution in [1.82, 2.24) is 29.7 Å². The zero-order valence-corrected chi connectivity index (χ0v) is 28.7. The summed E-state index contributed by atoms with van der Waals surface area (Å²) in [5.41, 5.74) is -1.78. The Bertz CT molecular complexity index is 1850. The maximum atomic E-state index is 13.9. The summed E-state index contributed by atoms with van der Waals surface area (Å²) in [6, 6.07) is 0.559. The maximum absolute atomic E-state index is 13.9. The first-order valence-electron chi connectivity index (χ1n) is 16.2. The van der Waals surface area contributed by atoms with Crippen molar-refractivity contribution < 1.29 is 41.0 Å². The van der Waals surface area contributed by atoms with Gasteiger partial charge in [-0.05, 0) is 43.0 Å². The average molecular weight is 754 g/mol. The Morgan fingerprint density at radius 3 is 2.19 bits per heavy atom. The summed E-state index contributed by atoms with van der Waals surface area (Å²) in [6.45, 7) is 0.799. The molecule has 0 bridgehead atoms. The molecule has 6 rings (SSSR count). The molecule has 52 heavy (non-hydrogen) atoms.